The number of rotatable bonds is 8. The number of nitrogens with zero attached hydrogens (tertiary/aromatic N) is 6. The van der Waals surface area contributed by atoms with Crippen molar-refractivity contribution in [3.8, 4) is 17.1 Å². The molecule has 0 spiro atoms. The molecule has 2 N–H and O–H groups in total. The smallest absolute Gasteiger partial charge is 0.319 e. The Kier molecular flexibility index (Phi) is 8.38. The summed E-state index contributed by atoms with van der Waals surface area (Å²) in [4.78, 5) is 30.9. The molecule has 0 saturated carbocycles. The Labute approximate surface area is 284 Å². The summed E-state index contributed by atoms with van der Waals surface area (Å²) in [6.07, 6.45) is 0.958. The van der Waals surface area contributed by atoms with Crippen molar-refractivity contribution in [2.24, 2.45) is 0 Å². The van der Waals surface area contributed by atoms with Gasteiger partial charge in [0.05, 0.1) is 39.9 Å². The molecule has 2 aromatic heterocycles. The number of benzene rings is 2. The topological polar surface area (TPSA) is 92.2 Å². The lowest BCUT2D eigenvalue weighted by Crippen LogP contribution is -2.44. The molecule has 3 fully saturated rings. The molecule has 3 aliphatic rings. The SMILES string of the molecule is [C-]#[N+]c1c(N)sc2c(F)ccc(-c3cc4nc(OC[C@@]56CCCN5C[C@H](F)C6)nc(N(CC)[C@H]5CN(C(=O)C=C)C[C@H]5F)c4cc3Cl)c12. The zero-order valence-electron chi connectivity index (χ0n) is 26.2. The molecule has 0 unspecified atom stereocenters. The number of carbonyl (C=O) groups is 1. The van der Waals surface area contributed by atoms with Crippen molar-refractivity contribution in [3.05, 3.63) is 59.2 Å². The second kappa shape index (κ2) is 12.4. The molecule has 4 atom stereocenters. The molecule has 2 aromatic carbocycles. The number of hydrogen-bond acceptors (Lipinski definition) is 8. The average Bonchev–Trinajstić information content (AvgIpc) is 3.81. The van der Waals surface area contributed by atoms with Gasteiger partial charge >= 0.3 is 6.01 Å². The van der Waals surface area contributed by atoms with Crippen LogP contribution in [0, 0.1) is 12.4 Å². The van der Waals surface area contributed by atoms with E-state index in [1.54, 1.807) is 23.1 Å². The van der Waals surface area contributed by atoms with Crippen molar-refractivity contribution in [1.29, 1.82) is 0 Å². The number of alkyl halides is 2. The van der Waals surface area contributed by atoms with Gasteiger partial charge in [0, 0.05) is 47.4 Å². The molecule has 0 aliphatic carbocycles. The van der Waals surface area contributed by atoms with E-state index in [1.165, 1.54) is 17.0 Å². The van der Waals surface area contributed by atoms with Crippen molar-refractivity contribution >= 4 is 66.3 Å². The number of anilines is 2. The normalized spacial score (nSPS) is 23.9. The van der Waals surface area contributed by atoms with E-state index in [0.29, 0.717) is 52.7 Å². The minimum Gasteiger partial charge on any atom is -0.461 e. The summed E-state index contributed by atoms with van der Waals surface area (Å²) in [7, 11) is 0. The summed E-state index contributed by atoms with van der Waals surface area (Å²) in [6.45, 7) is 14.9. The first-order valence-electron chi connectivity index (χ1n) is 15.8. The van der Waals surface area contributed by atoms with Crippen LogP contribution in [0.4, 0.5) is 29.7 Å². The predicted octanol–water partition coefficient (Wildman–Crippen LogP) is 6.95. The molecule has 0 radical (unpaired) electrons. The van der Waals surface area contributed by atoms with Gasteiger partial charge in [-0.3, -0.25) is 9.69 Å². The Morgan fingerprint density at radius 2 is 2.10 bits per heavy atom. The van der Waals surface area contributed by atoms with Crippen LogP contribution >= 0.6 is 22.9 Å². The van der Waals surface area contributed by atoms with Gasteiger partial charge in [-0.1, -0.05) is 24.2 Å². The van der Waals surface area contributed by atoms with Crippen LogP contribution in [0.25, 0.3) is 37.0 Å². The van der Waals surface area contributed by atoms with E-state index in [0.717, 1.165) is 30.7 Å². The monoisotopic (exact) mass is 695 g/mol. The number of fused-ring (bicyclic) bond motifs is 3. The molecule has 1 amide bonds. The van der Waals surface area contributed by atoms with Crippen LogP contribution in [-0.4, -0.2) is 88.9 Å². The Morgan fingerprint density at radius 1 is 1.29 bits per heavy atom. The summed E-state index contributed by atoms with van der Waals surface area (Å²) in [5.41, 5.74) is 7.20. The quantitative estimate of drug-likeness (QED) is 0.158. The molecule has 5 heterocycles. The van der Waals surface area contributed by atoms with E-state index in [4.69, 9.17) is 38.6 Å². The molecule has 3 aliphatic heterocycles. The fourth-order valence-corrected chi connectivity index (χ4v) is 8.85. The van der Waals surface area contributed by atoms with Crippen LogP contribution in [0.1, 0.15) is 26.2 Å². The highest BCUT2D eigenvalue weighted by Crippen LogP contribution is 2.48. The van der Waals surface area contributed by atoms with Crippen molar-refractivity contribution in [3.63, 3.8) is 0 Å². The minimum absolute atomic E-state index is 0.0334. The number of likely N-dealkylation sites (tertiary alicyclic amines) is 1. The fourth-order valence-electron chi connectivity index (χ4n) is 7.65. The number of amides is 1. The zero-order chi connectivity index (χ0) is 33.9. The van der Waals surface area contributed by atoms with E-state index in [1.807, 2.05) is 6.92 Å². The van der Waals surface area contributed by atoms with Gasteiger partial charge < -0.3 is 20.3 Å². The molecule has 4 aromatic rings. The number of aromatic nitrogens is 2. The highest BCUT2D eigenvalue weighted by Gasteiger charge is 2.49. The number of nitrogens with two attached hydrogens (primary N) is 1. The third-order valence-electron chi connectivity index (χ3n) is 9.89. The molecule has 7 rings (SSSR count). The number of halogens is 4. The Bertz CT molecular complexity index is 2000. The summed E-state index contributed by atoms with van der Waals surface area (Å²) >= 11 is 7.95. The zero-order valence-corrected chi connectivity index (χ0v) is 27.8. The van der Waals surface area contributed by atoms with Crippen molar-refractivity contribution in [2.45, 2.75) is 50.1 Å². The largest absolute Gasteiger partial charge is 0.461 e. The van der Waals surface area contributed by atoms with E-state index < -0.39 is 29.7 Å². The predicted molar refractivity (Wildman–Crippen MR) is 183 cm³/mol. The van der Waals surface area contributed by atoms with Gasteiger partial charge in [-0.15, -0.1) is 11.3 Å². The molecule has 48 heavy (non-hydrogen) atoms. The number of carbonyl (C=O) groups excluding carboxylic acids is 1. The second-order valence-corrected chi connectivity index (χ2v) is 14.0. The van der Waals surface area contributed by atoms with Crippen molar-refractivity contribution < 1.29 is 22.7 Å². The lowest BCUT2D eigenvalue weighted by Gasteiger charge is -2.32. The Hall–Kier alpha value is -4.12. The van der Waals surface area contributed by atoms with Crippen LogP contribution < -0.4 is 15.4 Å². The maximum atomic E-state index is 15.6. The molecule has 250 valence electrons. The first-order valence-corrected chi connectivity index (χ1v) is 17.0. The standard InChI is InChI=1S/C34H33ClF3N7O2S/c1-4-27(46)43-15-24(38)26(16-43)45(5-2)32-21-11-22(35)20(19-7-8-23(37)30-28(19)29(40-3)31(39)48-30)12-25(21)41-33(42-32)47-17-34-9-6-10-44(34)14-18(36)13-34/h4,7-8,11-12,18,24,26H,1,5-6,9-10,13-17,39H2,2H3/t18-,24-,26+,34+/m1/s1. The summed E-state index contributed by atoms with van der Waals surface area (Å²) in [5.74, 6) is -0.491. The van der Waals surface area contributed by atoms with Crippen LogP contribution in [-0.2, 0) is 4.79 Å². The first-order chi connectivity index (χ1) is 23.1. The maximum absolute atomic E-state index is 15.6. The highest BCUT2D eigenvalue weighted by atomic mass is 35.5. The van der Waals surface area contributed by atoms with Gasteiger partial charge in [0.2, 0.25) is 11.6 Å². The van der Waals surface area contributed by atoms with Crippen LogP contribution in [0.15, 0.2) is 36.9 Å². The highest BCUT2D eigenvalue weighted by molar-refractivity contribution is 7.23. The molecular formula is C34H33ClF3N7O2S. The summed E-state index contributed by atoms with van der Waals surface area (Å²) in [5, 5.41) is 1.34. The third-order valence-corrected chi connectivity index (χ3v) is 11.2. The maximum Gasteiger partial charge on any atom is 0.319 e. The number of nitrogen functional groups attached to an aromatic ring is 1. The first kappa shape index (κ1) is 32.4. The van der Waals surface area contributed by atoms with E-state index in [2.05, 4.69) is 16.3 Å². The van der Waals surface area contributed by atoms with E-state index >= 15 is 4.39 Å². The molecule has 14 heteroatoms. The third kappa shape index (κ3) is 5.30. The van der Waals surface area contributed by atoms with E-state index in [9.17, 15) is 13.6 Å². The summed E-state index contributed by atoms with van der Waals surface area (Å²) in [6, 6.07) is 5.58. The van der Waals surface area contributed by atoms with Gasteiger partial charge in [0.15, 0.2) is 0 Å². The van der Waals surface area contributed by atoms with E-state index in [-0.39, 0.29) is 52.0 Å². The van der Waals surface area contributed by atoms with Gasteiger partial charge in [-0.25, -0.2) is 18.0 Å². The van der Waals surface area contributed by atoms with Crippen LogP contribution in [0.5, 0.6) is 6.01 Å². The van der Waals surface area contributed by atoms with Gasteiger partial charge in [-0.05, 0) is 56.1 Å². The lowest BCUT2D eigenvalue weighted by atomic mass is 9.95. The Balaban J connectivity index is 1.37. The molecule has 9 nitrogen and oxygen atoms in total. The Morgan fingerprint density at radius 3 is 2.85 bits per heavy atom. The second-order valence-electron chi connectivity index (χ2n) is 12.6. The number of ether oxygens (including phenoxy) is 1. The number of thiophene rings is 1. The van der Waals surface area contributed by atoms with Gasteiger partial charge in [0.1, 0.15) is 30.6 Å². The molecule has 3 saturated heterocycles. The van der Waals surface area contributed by atoms with Crippen LogP contribution in [0.3, 0.4) is 0 Å². The van der Waals surface area contributed by atoms with Crippen molar-refractivity contribution in [2.75, 3.05) is 50.0 Å². The molecule has 0 bridgehead atoms. The number of hydrogen-bond donors (Lipinski definition) is 1. The average molecular weight is 696 g/mol. The van der Waals surface area contributed by atoms with Gasteiger partial charge in [-0.2, -0.15) is 9.97 Å². The van der Waals surface area contributed by atoms with Gasteiger partial charge in [0.25, 0.3) is 0 Å². The van der Waals surface area contributed by atoms with Crippen molar-refractivity contribution in [1.82, 2.24) is 19.8 Å². The fraction of sp³-hybridized carbons (Fsp3) is 0.412. The van der Waals surface area contributed by atoms with Crippen LogP contribution in [0.2, 0.25) is 5.02 Å². The lowest BCUT2D eigenvalue weighted by molar-refractivity contribution is -0.125. The summed E-state index contributed by atoms with van der Waals surface area (Å²) < 4.78 is 51.6. The number of likely N-dealkylation sites (N-methyl/N-ethyl adjacent to an activating group) is 1. The molecular weight excluding hydrogens is 663 g/mol. The minimum atomic E-state index is -1.37.